The van der Waals surface area contributed by atoms with E-state index in [1.165, 1.54) is 0 Å². The molecule has 11 heavy (non-hydrogen) atoms. The Morgan fingerprint density at radius 2 is 1.82 bits per heavy atom. The minimum atomic E-state index is -0.311. The number of halogens is 1. The van der Waals surface area contributed by atoms with Crippen molar-refractivity contribution >= 4 is 23.1 Å². The fourth-order valence-electron chi connectivity index (χ4n) is 1.05. The second-order valence-electron chi connectivity index (χ2n) is 2.44. The van der Waals surface area contributed by atoms with Crippen molar-refractivity contribution in [1.29, 1.82) is 0 Å². The van der Waals surface area contributed by atoms with Gasteiger partial charge in [-0.3, -0.25) is 0 Å². The van der Waals surface area contributed by atoms with Crippen LogP contribution in [-0.2, 0) is 9.47 Å². The Balaban J connectivity index is 0. The molecule has 4 heteroatoms. The van der Waals surface area contributed by atoms with Crippen molar-refractivity contribution in [2.24, 2.45) is 0 Å². The first kappa shape index (κ1) is 14.5. The Kier molecular flexibility index (Phi) is 8.55. The summed E-state index contributed by atoms with van der Waals surface area (Å²) in [6.07, 6.45) is 2.94. The van der Waals surface area contributed by atoms with E-state index in [1.807, 2.05) is 13.8 Å². The van der Waals surface area contributed by atoms with Crippen molar-refractivity contribution in [2.75, 3.05) is 13.2 Å². The van der Waals surface area contributed by atoms with Crippen molar-refractivity contribution in [3.63, 3.8) is 0 Å². The molecule has 0 atom stereocenters. The van der Waals surface area contributed by atoms with E-state index in [2.05, 4.69) is 6.42 Å². The summed E-state index contributed by atoms with van der Waals surface area (Å²) in [5.41, 5.74) is 0. The van der Waals surface area contributed by atoms with Crippen LogP contribution in [0.4, 0.5) is 0 Å². The van der Waals surface area contributed by atoms with Gasteiger partial charge in [-0.15, -0.1) is 6.42 Å². The van der Waals surface area contributed by atoms with E-state index in [0.29, 0.717) is 0 Å². The third kappa shape index (κ3) is 4.53. The maximum absolute atomic E-state index is 5.33. The summed E-state index contributed by atoms with van der Waals surface area (Å²) in [5.74, 6) is -0.311. The molecule has 0 aromatic rings. The molecule has 0 spiro atoms. The molecule has 0 saturated carbocycles. The van der Waals surface area contributed by atoms with E-state index >= 15 is 0 Å². The second-order valence-corrected chi connectivity index (χ2v) is 2.44. The Morgan fingerprint density at radius 1 is 1.36 bits per heavy atom. The third-order valence-corrected chi connectivity index (χ3v) is 1.47. The van der Waals surface area contributed by atoms with Gasteiger partial charge in [0.25, 0.3) is 0 Å². The van der Waals surface area contributed by atoms with Crippen LogP contribution in [0.15, 0.2) is 0 Å². The first-order valence-electron chi connectivity index (χ1n) is 3.32. The van der Waals surface area contributed by atoms with Gasteiger partial charge in [0.15, 0.2) is 0 Å². The van der Waals surface area contributed by atoms with Crippen LogP contribution >= 0.6 is 0 Å². The molecule has 0 aromatic carbocycles. The first-order valence-corrected chi connectivity index (χ1v) is 3.32. The van der Waals surface area contributed by atoms with Gasteiger partial charge in [-0.05, 0) is 6.92 Å². The Hall–Kier alpha value is 0.976. The third-order valence-electron chi connectivity index (χ3n) is 1.47. The van der Waals surface area contributed by atoms with Crippen LogP contribution < -0.4 is 12.4 Å². The molecule has 2 nitrogen and oxygen atoms in total. The summed E-state index contributed by atoms with van der Waals surface area (Å²) < 4.78 is 10.7. The van der Waals surface area contributed by atoms with Gasteiger partial charge < -0.3 is 28.3 Å². The number of ether oxygens (including phenoxy) is 2. The van der Waals surface area contributed by atoms with Crippen LogP contribution in [0.2, 0.25) is 0 Å². The van der Waals surface area contributed by atoms with Crippen molar-refractivity contribution < 1.29 is 21.9 Å². The molecule has 0 bridgehead atoms. The predicted molar refractivity (Wildman–Crippen MR) is 40.7 cm³/mol. The average molecular weight is 189 g/mol. The van der Waals surface area contributed by atoms with E-state index in [0.717, 1.165) is 19.6 Å². The van der Waals surface area contributed by atoms with Crippen molar-refractivity contribution in [3.8, 4) is 0 Å². The van der Waals surface area contributed by atoms with Gasteiger partial charge in [0.05, 0.1) is 13.2 Å². The van der Waals surface area contributed by atoms with Gasteiger partial charge in [0.1, 0.15) is 5.79 Å². The molecule has 1 fully saturated rings. The van der Waals surface area contributed by atoms with Crippen molar-refractivity contribution in [3.05, 3.63) is 6.42 Å². The molecule has 1 rings (SSSR count). The smallest absolute Gasteiger partial charge is 1.00 e. The zero-order chi connectivity index (χ0) is 6.74. The monoisotopic (exact) mass is 188 g/mol. The average Bonchev–Trinajstić information content (AvgIpc) is 2.16. The van der Waals surface area contributed by atoms with Gasteiger partial charge in [-0.1, -0.05) is 0 Å². The SMILES string of the molecule is C[CH-]CC1(C)OCCO1.[Cl-].[Mg+2]. The zero-order valence-corrected chi connectivity index (χ0v) is 9.27. The summed E-state index contributed by atoms with van der Waals surface area (Å²) in [7, 11) is 0. The zero-order valence-electron chi connectivity index (χ0n) is 7.10. The molecular weight excluding hydrogens is 176 g/mol. The number of hydrogen-bond acceptors (Lipinski definition) is 2. The molecule has 0 aromatic heterocycles. The summed E-state index contributed by atoms with van der Waals surface area (Å²) in [6.45, 7) is 5.46. The van der Waals surface area contributed by atoms with E-state index in [9.17, 15) is 0 Å². The van der Waals surface area contributed by atoms with Crippen LogP contribution in [0, 0.1) is 6.42 Å². The summed E-state index contributed by atoms with van der Waals surface area (Å²) in [5, 5.41) is 0. The molecule has 0 aliphatic carbocycles. The molecule has 0 amide bonds. The second kappa shape index (κ2) is 6.49. The summed E-state index contributed by atoms with van der Waals surface area (Å²) in [6, 6.07) is 0. The fraction of sp³-hybridized carbons (Fsp3) is 0.857. The van der Waals surface area contributed by atoms with Crippen LogP contribution in [0.5, 0.6) is 0 Å². The maximum Gasteiger partial charge on any atom is 2.00 e. The molecule has 0 radical (unpaired) electrons. The number of rotatable bonds is 2. The molecule has 1 aliphatic heterocycles. The quantitative estimate of drug-likeness (QED) is 0.369. The largest absolute Gasteiger partial charge is 2.00 e. The fourth-order valence-corrected chi connectivity index (χ4v) is 1.05. The standard InChI is InChI=1S/C7H13O2.ClH.Mg/c1-3-4-7(2)8-5-6-9-7;;/h3H,4-6H2,1-2H3;1H;/q-1;;+2/p-1. The molecule has 1 aliphatic rings. The van der Waals surface area contributed by atoms with Crippen molar-refractivity contribution in [1.82, 2.24) is 0 Å². The minimum absolute atomic E-state index is 0. The van der Waals surface area contributed by atoms with E-state index < -0.39 is 0 Å². The minimum Gasteiger partial charge on any atom is -1.00 e. The molecule has 1 heterocycles. The van der Waals surface area contributed by atoms with Crippen LogP contribution in [0.1, 0.15) is 20.3 Å². The van der Waals surface area contributed by atoms with Gasteiger partial charge in [0, 0.05) is 0 Å². The van der Waals surface area contributed by atoms with Crippen LogP contribution in [-0.4, -0.2) is 42.1 Å². The van der Waals surface area contributed by atoms with Gasteiger partial charge in [0.2, 0.25) is 0 Å². The van der Waals surface area contributed by atoms with E-state index in [4.69, 9.17) is 9.47 Å². The Labute approximate surface area is 90.6 Å². The topological polar surface area (TPSA) is 18.5 Å². The van der Waals surface area contributed by atoms with Gasteiger partial charge in [-0.25, -0.2) is 0 Å². The van der Waals surface area contributed by atoms with Crippen LogP contribution in [0.25, 0.3) is 0 Å². The van der Waals surface area contributed by atoms with Crippen LogP contribution in [0.3, 0.4) is 0 Å². The van der Waals surface area contributed by atoms with Gasteiger partial charge >= 0.3 is 23.1 Å². The first-order chi connectivity index (χ1) is 4.27. The number of hydrogen-bond donors (Lipinski definition) is 0. The molecule has 0 unspecified atom stereocenters. The van der Waals surface area contributed by atoms with Gasteiger partial charge in [-0.2, -0.15) is 6.92 Å². The van der Waals surface area contributed by atoms with Crippen molar-refractivity contribution in [2.45, 2.75) is 26.1 Å². The molecule has 0 N–H and O–H groups in total. The summed E-state index contributed by atoms with van der Waals surface area (Å²) in [4.78, 5) is 0. The predicted octanol–water partition coefficient (Wildman–Crippen LogP) is -2.01. The molecule has 1 saturated heterocycles. The van der Waals surface area contributed by atoms with E-state index in [-0.39, 0.29) is 41.2 Å². The maximum atomic E-state index is 5.33. The Bertz CT molecular complexity index is 94.4. The van der Waals surface area contributed by atoms with E-state index in [1.54, 1.807) is 0 Å². The Morgan fingerprint density at radius 3 is 2.18 bits per heavy atom. The molecule has 62 valence electrons. The molecular formula is C7H13ClMgO2. The normalized spacial score (nSPS) is 20.2. The summed E-state index contributed by atoms with van der Waals surface area (Å²) >= 11 is 0.